The van der Waals surface area contributed by atoms with Gasteiger partial charge in [0.05, 0.1) is 21.9 Å². The molecular weight excluding hydrogens is 337 g/mol. The number of imidazole rings is 1. The average molecular weight is 352 g/mol. The Bertz CT molecular complexity index is 787. The average Bonchev–Trinajstić information content (AvgIpc) is 3.09. The van der Waals surface area contributed by atoms with Crippen LogP contribution in [-0.4, -0.2) is 14.6 Å². The molecule has 0 unspecified atom stereocenters. The van der Waals surface area contributed by atoms with E-state index in [9.17, 15) is 0 Å². The molecule has 1 saturated carbocycles. The van der Waals surface area contributed by atoms with Gasteiger partial charge in [0.1, 0.15) is 5.01 Å². The van der Waals surface area contributed by atoms with Gasteiger partial charge in [0.25, 0.3) is 0 Å². The van der Waals surface area contributed by atoms with E-state index in [4.69, 9.17) is 28.3 Å². The summed E-state index contributed by atoms with van der Waals surface area (Å²) in [4.78, 5) is 5.63. The Morgan fingerprint density at radius 1 is 1.09 bits per heavy atom. The summed E-state index contributed by atoms with van der Waals surface area (Å²) in [7, 11) is 0. The van der Waals surface area contributed by atoms with Crippen molar-refractivity contribution in [3.8, 4) is 11.3 Å². The molecule has 0 saturated heterocycles. The van der Waals surface area contributed by atoms with E-state index in [1.807, 2.05) is 22.8 Å². The molecule has 6 heteroatoms. The Morgan fingerprint density at radius 3 is 2.64 bits per heavy atom. The lowest BCUT2D eigenvalue weighted by molar-refractivity contribution is 0.439. The van der Waals surface area contributed by atoms with Crippen molar-refractivity contribution in [3.05, 3.63) is 39.4 Å². The Morgan fingerprint density at radius 2 is 1.91 bits per heavy atom. The number of hydrogen-bond donors (Lipinski definition) is 0. The molecule has 0 amide bonds. The maximum Gasteiger partial charge on any atom is 0.212 e. The van der Waals surface area contributed by atoms with Crippen molar-refractivity contribution in [2.45, 2.75) is 38.0 Å². The zero-order chi connectivity index (χ0) is 15.1. The Balaban J connectivity index is 1.66. The van der Waals surface area contributed by atoms with E-state index in [-0.39, 0.29) is 0 Å². The van der Waals surface area contributed by atoms with Gasteiger partial charge >= 0.3 is 0 Å². The second-order valence-electron chi connectivity index (χ2n) is 5.76. The van der Waals surface area contributed by atoms with Gasteiger partial charge < -0.3 is 0 Å². The van der Waals surface area contributed by atoms with Crippen molar-refractivity contribution >= 4 is 39.5 Å². The van der Waals surface area contributed by atoms with E-state index >= 15 is 0 Å². The van der Waals surface area contributed by atoms with Crippen LogP contribution in [0.1, 0.15) is 43.0 Å². The molecule has 0 bridgehead atoms. The highest BCUT2D eigenvalue weighted by molar-refractivity contribution is 7.16. The van der Waals surface area contributed by atoms with Crippen LogP contribution in [0.2, 0.25) is 10.0 Å². The largest absolute Gasteiger partial charge is 0.217 e. The van der Waals surface area contributed by atoms with Crippen molar-refractivity contribution in [2.24, 2.45) is 0 Å². The van der Waals surface area contributed by atoms with Crippen LogP contribution in [0.25, 0.3) is 16.2 Å². The van der Waals surface area contributed by atoms with Crippen LogP contribution in [0.15, 0.2) is 24.4 Å². The first-order valence-corrected chi connectivity index (χ1v) is 9.09. The third-order valence-electron chi connectivity index (χ3n) is 4.23. The quantitative estimate of drug-likeness (QED) is 0.582. The Hall–Kier alpha value is -1.10. The summed E-state index contributed by atoms with van der Waals surface area (Å²) >= 11 is 13.8. The van der Waals surface area contributed by atoms with E-state index in [0.29, 0.717) is 16.0 Å². The molecule has 4 rings (SSSR count). The molecule has 0 aliphatic heterocycles. The fraction of sp³-hybridized carbons (Fsp3) is 0.375. The van der Waals surface area contributed by atoms with Gasteiger partial charge in [-0.2, -0.15) is 5.10 Å². The number of hydrogen-bond acceptors (Lipinski definition) is 3. The van der Waals surface area contributed by atoms with Gasteiger partial charge in [0, 0.05) is 11.5 Å². The molecule has 114 valence electrons. The van der Waals surface area contributed by atoms with Gasteiger partial charge in [0.2, 0.25) is 4.96 Å². The molecule has 1 aromatic carbocycles. The zero-order valence-electron chi connectivity index (χ0n) is 11.9. The second-order valence-corrected chi connectivity index (χ2v) is 7.56. The van der Waals surface area contributed by atoms with Crippen molar-refractivity contribution in [2.75, 3.05) is 0 Å². The zero-order valence-corrected chi connectivity index (χ0v) is 14.3. The van der Waals surface area contributed by atoms with E-state index in [1.165, 1.54) is 37.1 Å². The molecule has 1 aliphatic rings. The highest BCUT2D eigenvalue weighted by atomic mass is 35.5. The van der Waals surface area contributed by atoms with Crippen LogP contribution < -0.4 is 0 Å². The first-order chi connectivity index (χ1) is 10.7. The van der Waals surface area contributed by atoms with Crippen LogP contribution in [0.5, 0.6) is 0 Å². The molecule has 1 fully saturated rings. The lowest BCUT2D eigenvalue weighted by Crippen LogP contribution is -2.04. The standard InChI is InChI=1S/C16H15Cl2N3S/c17-12-7-6-11(8-13(12)18)14-9-21-16(19-14)22-15(20-21)10-4-2-1-3-5-10/h6-10H,1-5H2. The molecule has 2 heterocycles. The first kappa shape index (κ1) is 14.5. The summed E-state index contributed by atoms with van der Waals surface area (Å²) < 4.78 is 1.90. The molecule has 3 nitrogen and oxygen atoms in total. The van der Waals surface area contributed by atoms with Gasteiger partial charge in [-0.15, -0.1) is 0 Å². The third-order valence-corrected chi connectivity index (χ3v) is 6.05. The number of aromatic nitrogens is 3. The smallest absolute Gasteiger partial charge is 0.212 e. The number of fused-ring (bicyclic) bond motifs is 1. The highest BCUT2D eigenvalue weighted by Gasteiger charge is 2.20. The molecule has 0 N–H and O–H groups in total. The van der Waals surface area contributed by atoms with Gasteiger partial charge in [-0.1, -0.05) is 59.9 Å². The predicted molar refractivity (Wildman–Crippen MR) is 92.1 cm³/mol. The van der Waals surface area contributed by atoms with Crippen LogP contribution in [0, 0.1) is 0 Å². The minimum atomic E-state index is 0.548. The topological polar surface area (TPSA) is 30.2 Å². The number of nitrogens with zero attached hydrogens (tertiary/aromatic N) is 3. The molecular formula is C16H15Cl2N3S. The lowest BCUT2D eigenvalue weighted by Gasteiger charge is -2.18. The molecule has 0 radical (unpaired) electrons. The number of halogens is 2. The SMILES string of the molecule is Clc1ccc(-c2cn3nc(C4CCCCC4)sc3n2)cc1Cl. The molecule has 2 aromatic heterocycles. The van der Waals surface area contributed by atoms with E-state index < -0.39 is 0 Å². The van der Waals surface area contributed by atoms with Gasteiger partial charge in [-0.3, -0.25) is 0 Å². The van der Waals surface area contributed by atoms with Crippen LogP contribution >= 0.6 is 34.5 Å². The number of benzene rings is 1. The van der Waals surface area contributed by atoms with E-state index in [1.54, 1.807) is 17.4 Å². The lowest BCUT2D eigenvalue weighted by atomic mass is 9.90. The van der Waals surface area contributed by atoms with Gasteiger partial charge in [-0.05, 0) is 25.0 Å². The van der Waals surface area contributed by atoms with Gasteiger partial charge in [0.15, 0.2) is 0 Å². The summed E-state index contributed by atoms with van der Waals surface area (Å²) in [6.07, 6.45) is 8.49. The maximum absolute atomic E-state index is 6.08. The second kappa shape index (κ2) is 5.84. The van der Waals surface area contributed by atoms with E-state index in [0.717, 1.165) is 16.2 Å². The Kier molecular flexibility index (Phi) is 3.84. The molecule has 0 atom stereocenters. The Labute approximate surface area is 142 Å². The molecule has 22 heavy (non-hydrogen) atoms. The van der Waals surface area contributed by atoms with Crippen molar-refractivity contribution in [1.82, 2.24) is 14.6 Å². The fourth-order valence-corrected chi connectivity index (χ4v) is 4.37. The van der Waals surface area contributed by atoms with Crippen LogP contribution in [0.3, 0.4) is 0 Å². The molecule has 1 aliphatic carbocycles. The summed E-state index contributed by atoms with van der Waals surface area (Å²) in [6.45, 7) is 0. The third kappa shape index (κ3) is 2.64. The molecule has 0 spiro atoms. The van der Waals surface area contributed by atoms with Crippen LogP contribution in [0.4, 0.5) is 0 Å². The van der Waals surface area contributed by atoms with Crippen LogP contribution in [-0.2, 0) is 0 Å². The molecule has 3 aromatic rings. The van der Waals surface area contributed by atoms with Crippen molar-refractivity contribution in [3.63, 3.8) is 0 Å². The highest BCUT2D eigenvalue weighted by Crippen LogP contribution is 2.35. The van der Waals surface area contributed by atoms with E-state index in [2.05, 4.69) is 4.98 Å². The summed E-state index contributed by atoms with van der Waals surface area (Å²) in [6, 6.07) is 5.58. The van der Waals surface area contributed by atoms with Gasteiger partial charge in [-0.25, -0.2) is 9.50 Å². The monoisotopic (exact) mass is 351 g/mol. The summed E-state index contributed by atoms with van der Waals surface area (Å²) in [5.41, 5.74) is 1.85. The number of rotatable bonds is 2. The first-order valence-electron chi connectivity index (χ1n) is 7.52. The normalized spacial score (nSPS) is 16.5. The van der Waals surface area contributed by atoms with Crippen molar-refractivity contribution in [1.29, 1.82) is 0 Å². The van der Waals surface area contributed by atoms with Crippen molar-refractivity contribution < 1.29 is 0 Å². The fourth-order valence-electron chi connectivity index (χ4n) is 3.02. The minimum Gasteiger partial charge on any atom is -0.217 e. The minimum absolute atomic E-state index is 0.548. The summed E-state index contributed by atoms with van der Waals surface area (Å²) in [5.74, 6) is 0.619. The summed E-state index contributed by atoms with van der Waals surface area (Å²) in [5, 5.41) is 7.07. The maximum atomic E-state index is 6.08. The predicted octanol–water partition coefficient (Wildman–Crippen LogP) is 5.81.